The number of hydrogen-bond acceptors (Lipinski definition) is 5. The molecule has 0 aliphatic rings. The van der Waals surface area contributed by atoms with Crippen molar-refractivity contribution in [3.63, 3.8) is 0 Å². The number of rotatable bonds is 5. The molecule has 108 valence electrons. The number of nitrogens with two attached hydrogens (primary N) is 1. The predicted octanol–water partition coefficient (Wildman–Crippen LogP) is 1.42. The minimum atomic E-state index is -3.57. The summed E-state index contributed by atoms with van der Waals surface area (Å²) in [5.41, 5.74) is 7.41. The van der Waals surface area contributed by atoms with Gasteiger partial charge in [-0.1, -0.05) is 6.92 Å². The summed E-state index contributed by atoms with van der Waals surface area (Å²) in [7, 11) is -3.57. The molecular weight excluding hydrogens is 276 g/mol. The number of sulfone groups is 1. The fourth-order valence-electron chi connectivity index (χ4n) is 2.00. The highest BCUT2D eigenvalue weighted by Crippen LogP contribution is 2.20. The van der Waals surface area contributed by atoms with Crippen molar-refractivity contribution in [3.05, 3.63) is 35.8 Å². The summed E-state index contributed by atoms with van der Waals surface area (Å²) in [6.07, 6.45) is 2.20. The highest BCUT2D eigenvalue weighted by molar-refractivity contribution is 7.90. The van der Waals surface area contributed by atoms with Gasteiger partial charge >= 0.3 is 0 Å². The first-order valence-corrected chi connectivity index (χ1v) is 8.12. The summed E-state index contributed by atoms with van der Waals surface area (Å²) < 4.78 is 26.5. The average Bonchev–Trinajstić information content (AvgIpc) is 2.80. The molecule has 6 nitrogen and oxygen atoms in total. The molecule has 7 heteroatoms. The molecule has 0 fully saturated rings. The van der Waals surface area contributed by atoms with Crippen molar-refractivity contribution in [2.75, 3.05) is 5.73 Å². The van der Waals surface area contributed by atoms with E-state index in [2.05, 4.69) is 10.1 Å². The second-order valence-corrected chi connectivity index (χ2v) is 6.36. The average molecular weight is 294 g/mol. The summed E-state index contributed by atoms with van der Waals surface area (Å²) in [5, 5.41) is 4.28. The SMILES string of the molecule is CCc1cc(CS(=O)(=O)c2ncccc2N)n(CC)n1. The lowest BCUT2D eigenvalue weighted by molar-refractivity contribution is 0.582. The van der Waals surface area contributed by atoms with Crippen molar-refractivity contribution < 1.29 is 8.42 Å². The molecule has 0 saturated heterocycles. The van der Waals surface area contributed by atoms with Crippen molar-refractivity contribution in [3.8, 4) is 0 Å². The standard InChI is InChI=1S/C13H18N4O2S/c1-3-10-8-11(17(4-2)16-10)9-20(18,19)13-12(14)6-5-7-15-13/h5-8H,3-4,9,14H2,1-2H3. The quantitative estimate of drug-likeness (QED) is 0.900. The van der Waals surface area contributed by atoms with Gasteiger partial charge in [0.1, 0.15) is 0 Å². The van der Waals surface area contributed by atoms with Crippen molar-refractivity contribution >= 4 is 15.5 Å². The maximum absolute atomic E-state index is 12.4. The van der Waals surface area contributed by atoms with E-state index in [9.17, 15) is 8.42 Å². The van der Waals surface area contributed by atoms with E-state index in [1.165, 1.54) is 12.3 Å². The van der Waals surface area contributed by atoms with Crippen molar-refractivity contribution in [1.82, 2.24) is 14.8 Å². The Bertz CT molecular complexity index is 707. The summed E-state index contributed by atoms with van der Waals surface area (Å²) in [4.78, 5) is 3.89. The number of nitrogen functional groups attached to an aromatic ring is 1. The number of aryl methyl sites for hydroxylation is 2. The van der Waals surface area contributed by atoms with Gasteiger partial charge in [0, 0.05) is 12.7 Å². The van der Waals surface area contributed by atoms with E-state index in [1.54, 1.807) is 10.7 Å². The Hall–Kier alpha value is -1.89. The smallest absolute Gasteiger partial charge is 0.203 e. The second kappa shape index (κ2) is 5.62. The highest BCUT2D eigenvalue weighted by Gasteiger charge is 2.22. The molecule has 0 aromatic carbocycles. The Kier molecular flexibility index (Phi) is 4.08. The van der Waals surface area contributed by atoms with Crippen LogP contribution in [0.5, 0.6) is 0 Å². The lowest BCUT2D eigenvalue weighted by Crippen LogP contribution is -2.13. The normalized spacial score (nSPS) is 11.7. The first kappa shape index (κ1) is 14.5. The van der Waals surface area contributed by atoms with Crippen LogP contribution >= 0.6 is 0 Å². The maximum Gasteiger partial charge on any atom is 0.203 e. The molecule has 0 bridgehead atoms. The third kappa shape index (κ3) is 2.82. The van der Waals surface area contributed by atoms with E-state index in [-0.39, 0.29) is 16.5 Å². The molecule has 0 radical (unpaired) electrons. The third-order valence-corrected chi connectivity index (χ3v) is 4.61. The molecule has 2 aromatic heterocycles. The third-order valence-electron chi connectivity index (χ3n) is 3.01. The number of aromatic nitrogens is 3. The van der Waals surface area contributed by atoms with Gasteiger partial charge in [-0.2, -0.15) is 5.10 Å². The van der Waals surface area contributed by atoms with Crippen molar-refractivity contribution in [1.29, 1.82) is 0 Å². The Morgan fingerprint density at radius 1 is 1.35 bits per heavy atom. The van der Waals surface area contributed by atoms with Crippen LogP contribution in [-0.4, -0.2) is 23.2 Å². The maximum atomic E-state index is 12.4. The van der Waals surface area contributed by atoms with E-state index >= 15 is 0 Å². The topological polar surface area (TPSA) is 90.9 Å². The number of nitrogens with zero attached hydrogens (tertiary/aromatic N) is 3. The summed E-state index contributed by atoms with van der Waals surface area (Å²) in [5.74, 6) is -0.144. The van der Waals surface area contributed by atoms with Crippen molar-refractivity contribution in [2.24, 2.45) is 0 Å². The Morgan fingerprint density at radius 2 is 2.10 bits per heavy atom. The molecule has 0 saturated carbocycles. The molecular formula is C13H18N4O2S. The summed E-state index contributed by atoms with van der Waals surface area (Å²) in [6.45, 7) is 4.54. The fourth-order valence-corrected chi connectivity index (χ4v) is 3.41. The van der Waals surface area contributed by atoms with Gasteiger partial charge in [0.05, 0.1) is 22.8 Å². The van der Waals surface area contributed by atoms with Crippen LogP contribution in [0.15, 0.2) is 29.4 Å². The molecule has 0 spiro atoms. The van der Waals surface area contributed by atoms with Crippen LogP contribution in [0, 0.1) is 0 Å². The van der Waals surface area contributed by atoms with Gasteiger partial charge in [-0.3, -0.25) is 4.68 Å². The molecule has 2 N–H and O–H groups in total. The van der Waals surface area contributed by atoms with Crippen LogP contribution in [-0.2, 0) is 28.6 Å². The zero-order valence-electron chi connectivity index (χ0n) is 11.6. The fraction of sp³-hybridized carbons (Fsp3) is 0.385. The molecule has 0 aliphatic heterocycles. The van der Waals surface area contributed by atoms with E-state index in [0.29, 0.717) is 12.2 Å². The predicted molar refractivity (Wildman–Crippen MR) is 76.8 cm³/mol. The largest absolute Gasteiger partial charge is 0.396 e. The molecule has 0 amide bonds. The van der Waals surface area contributed by atoms with Gasteiger partial charge in [-0.15, -0.1) is 0 Å². The van der Waals surface area contributed by atoms with Crippen LogP contribution in [0.1, 0.15) is 25.2 Å². The molecule has 0 atom stereocenters. The number of pyridine rings is 1. The number of anilines is 1. The van der Waals surface area contributed by atoms with E-state index in [1.807, 2.05) is 19.9 Å². The Balaban J connectivity index is 2.38. The summed E-state index contributed by atoms with van der Waals surface area (Å²) in [6, 6.07) is 4.97. The van der Waals surface area contributed by atoms with E-state index in [4.69, 9.17) is 5.73 Å². The van der Waals surface area contributed by atoms with Crippen LogP contribution in [0.25, 0.3) is 0 Å². The molecule has 2 aromatic rings. The van der Waals surface area contributed by atoms with Crippen molar-refractivity contribution in [2.45, 2.75) is 37.6 Å². The summed E-state index contributed by atoms with van der Waals surface area (Å²) >= 11 is 0. The second-order valence-electron chi connectivity index (χ2n) is 4.45. The first-order chi connectivity index (χ1) is 9.47. The monoisotopic (exact) mass is 294 g/mol. The first-order valence-electron chi connectivity index (χ1n) is 6.46. The molecule has 0 unspecified atom stereocenters. The Labute approximate surface area is 118 Å². The van der Waals surface area contributed by atoms with E-state index in [0.717, 1.165) is 12.1 Å². The Morgan fingerprint density at radius 3 is 2.70 bits per heavy atom. The van der Waals surface area contributed by atoms with Gasteiger partial charge in [0.2, 0.25) is 9.84 Å². The molecule has 20 heavy (non-hydrogen) atoms. The highest BCUT2D eigenvalue weighted by atomic mass is 32.2. The minimum absolute atomic E-state index is 0.0677. The molecule has 2 heterocycles. The zero-order chi connectivity index (χ0) is 14.8. The zero-order valence-corrected chi connectivity index (χ0v) is 12.4. The van der Waals surface area contributed by atoms with Gasteiger partial charge in [-0.25, -0.2) is 13.4 Å². The van der Waals surface area contributed by atoms with E-state index < -0.39 is 9.84 Å². The van der Waals surface area contributed by atoms with Gasteiger partial charge in [0.25, 0.3) is 0 Å². The van der Waals surface area contributed by atoms with Gasteiger partial charge < -0.3 is 5.73 Å². The van der Waals surface area contributed by atoms with Crippen LogP contribution in [0.3, 0.4) is 0 Å². The minimum Gasteiger partial charge on any atom is -0.396 e. The van der Waals surface area contributed by atoms with Crippen LogP contribution in [0.4, 0.5) is 5.69 Å². The van der Waals surface area contributed by atoms with Gasteiger partial charge in [0.15, 0.2) is 5.03 Å². The van der Waals surface area contributed by atoms with Crippen LogP contribution in [0.2, 0.25) is 0 Å². The molecule has 0 aliphatic carbocycles. The van der Waals surface area contributed by atoms with Crippen LogP contribution < -0.4 is 5.73 Å². The lowest BCUT2D eigenvalue weighted by atomic mass is 10.3. The van der Waals surface area contributed by atoms with Gasteiger partial charge in [-0.05, 0) is 31.5 Å². The number of hydrogen-bond donors (Lipinski definition) is 1. The lowest BCUT2D eigenvalue weighted by Gasteiger charge is -2.07. The molecule has 2 rings (SSSR count).